The molecule has 3 nitrogen and oxygen atoms in total. The lowest BCUT2D eigenvalue weighted by Gasteiger charge is -2.07. The number of hydrogen-bond donors (Lipinski definition) is 1. The number of carbonyl (C=O) groups excluding carboxylic acids is 2. The first-order valence-electron chi connectivity index (χ1n) is 4.84. The lowest BCUT2D eigenvalue weighted by Crippen LogP contribution is -2.18. The van der Waals surface area contributed by atoms with E-state index in [0.717, 1.165) is 12.8 Å². The fourth-order valence-electron chi connectivity index (χ4n) is 1.72. The molecule has 0 aliphatic heterocycles. The van der Waals surface area contributed by atoms with Crippen LogP contribution in [0.3, 0.4) is 0 Å². The minimum atomic E-state index is -0.878. The molecule has 0 bridgehead atoms. The van der Waals surface area contributed by atoms with Gasteiger partial charge in [-0.05, 0) is 26.2 Å². The molecule has 0 aromatic rings. The second-order valence-corrected chi connectivity index (χ2v) is 3.74. The molecule has 2 atom stereocenters. The number of ketones is 2. The highest BCUT2D eigenvalue weighted by atomic mass is 16.3. The molecule has 0 radical (unpaired) electrons. The van der Waals surface area contributed by atoms with Gasteiger partial charge in [-0.25, -0.2) is 0 Å². The van der Waals surface area contributed by atoms with Crippen LogP contribution in [0.4, 0.5) is 0 Å². The van der Waals surface area contributed by atoms with Crippen molar-refractivity contribution in [3.05, 3.63) is 0 Å². The average molecular weight is 184 g/mol. The molecule has 0 aromatic carbocycles. The molecule has 13 heavy (non-hydrogen) atoms. The number of hydrogen-bond acceptors (Lipinski definition) is 3. The summed E-state index contributed by atoms with van der Waals surface area (Å²) in [6.07, 6.45) is 2.65. The van der Waals surface area contributed by atoms with Crippen LogP contribution in [-0.2, 0) is 9.59 Å². The zero-order valence-corrected chi connectivity index (χ0v) is 7.95. The predicted molar refractivity (Wildman–Crippen MR) is 48.3 cm³/mol. The number of aliphatic hydroxyl groups excluding tert-OH is 1. The summed E-state index contributed by atoms with van der Waals surface area (Å²) in [5, 5.41) is 8.93. The van der Waals surface area contributed by atoms with Crippen molar-refractivity contribution < 1.29 is 14.7 Å². The highest BCUT2D eigenvalue weighted by Gasteiger charge is 2.25. The van der Waals surface area contributed by atoms with E-state index in [4.69, 9.17) is 5.11 Å². The largest absolute Gasteiger partial charge is 0.386 e. The molecular formula is C10H16O3. The van der Waals surface area contributed by atoms with Gasteiger partial charge in [0.05, 0.1) is 0 Å². The molecular weight excluding hydrogens is 168 g/mol. The van der Waals surface area contributed by atoms with Gasteiger partial charge >= 0.3 is 0 Å². The van der Waals surface area contributed by atoms with Crippen molar-refractivity contribution in [2.24, 2.45) is 5.92 Å². The first kappa shape index (κ1) is 10.4. The maximum Gasteiger partial charge on any atom is 0.161 e. The highest BCUT2D eigenvalue weighted by molar-refractivity contribution is 5.85. The topological polar surface area (TPSA) is 54.4 Å². The van der Waals surface area contributed by atoms with Gasteiger partial charge in [-0.3, -0.25) is 9.59 Å². The van der Waals surface area contributed by atoms with E-state index in [2.05, 4.69) is 0 Å². The van der Waals surface area contributed by atoms with Gasteiger partial charge in [-0.2, -0.15) is 0 Å². The van der Waals surface area contributed by atoms with Crippen molar-refractivity contribution in [3.63, 3.8) is 0 Å². The molecule has 74 valence electrons. The monoisotopic (exact) mass is 184 g/mol. The van der Waals surface area contributed by atoms with Crippen LogP contribution in [-0.4, -0.2) is 22.8 Å². The smallest absolute Gasteiger partial charge is 0.161 e. The second kappa shape index (κ2) is 4.51. The Labute approximate surface area is 78.1 Å². The number of Topliss-reactive ketones (excluding diaryl/α,β-unsaturated/α-hetero) is 2. The maximum atomic E-state index is 11.2. The van der Waals surface area contributed by atoms with E-state index in [1.165, 1.54) is 6.92 Å². The quantitative estimate of drug-likeness (QED) is 0.711. The standard InChI is InChI=1S/C10H16O3/c1-7(11)9(12)6-5-8-3-2-4-10(8)13/h7-8,11H,2-6H2,1H3. The van der Waals surface area contributed by atoms with Crippen molar-refractivity contribution in [2.75, 3.05) is 0 Å². The van der Waals surface area contributed by atoms with Crippen molar-refractivity contribution in [1.29, 1.82) is 0 Å². The molecule has 2 unspecified atom stereocenters. The Morgan fingerprint density at radius 1 is 1.69 bits per heavy atom. The Morgan fingerprint density at radius 3 is 2.85 bits per heavy atom. The lowest BCUT2D eigenvalue weighted by atomic mass is 9.98. The van der Waals surface area contributed by atoms with Crippen LogP contribution in [0.2, 0.25) is 0 Å². The van der Waals surface area contributed by atoms with Gasteiger partial charge in [0.2, 0.25) is 0 Å². The average Bonchev–Trinajstić information content (AvgIpc) is 2.47. The summed E-state index contributed by atoms with van der Waals surface area (Å²) in [4.78, 5) is 22.2. The van der Waals surface area contributed by atoms with Crippen molar-refractivity contribution in [1.82, 2.24) is 0 Å². The third kappa shape index (κ3) is 2.92. The van der Waals surface area contributed by atoms with Crippen LogP contribution >= 0.6 is 0 Å². The van der Waals surface area contributed by atoms with E-state index in [9.17, 15) is 9.59 Å². The van der Waals surface area contributed by atoms with Crippen LogP contribution in [0.25, 0.3) is 0 Å². The first-order chi connectivity index (χ1) is 6.11. The van der Waals surface area contributed by atoms with E-state index >= 15 is 0 Å². The van der Waals surface area contributed by atoms with Gasteiger partial charge in [0, 0.05) is 18.8 Å². The van der Waals surface area contributed by atoms with Gasteiger partial charge in [-0.1, -0.05) is 0 Å². The molecule has 0 amide bonds. The molecule has 1 rings (SSSR count). The summed E-state index contributed by atoms with van der Waals surface area (Å²) in [5.41, 5.74) is 0. The fourth-order valence-corrected chi connectivity index (χ4v) is 1.72. The van der Waals surface area contributed by atoms with Crippen LogP contribution in [0, 0.1) is 5.92 Å². The highest BCUT2D eigenvalue weighted by Crippen LogP contribution is 2.25. The molecule has 0 spiro atoms. The zero-order chi connectivity index (χ0) is 9.84. The molecule has 1 aliphatic carbocycles. The third-order valence-electron chi connectivity index (χ3n) is 2.64. The summed E-state index contributed by atoms with van der Waals surface area (Å²) in [6, 6.07) is 0. The summed E-state index contributed by atoms with van der Waals surface area (Å²) in [5.74, 6) is 0.223. The third-order valence-corrected chi connectivity index (χ3v) is 2.64. The minimum Gasteiger partial charge on any atom is -0.386 e. The Balaban J connectivity index is 2.26. The Morgan fingerprint density at radius 2 is 2.38 bits per heavy atom. The van der Waals surface area contributed by atoms with Crippen molar-refractivity contribution in [3.8, 4) is 0 Å². The predicted octanol–water partition coefficient (Wildman–Crippen LogP) is 1.09. The summed E-state index contributed by atoms with van der Waals surface area (Å²) in [7, 11) is 0. The minimum absolute atomic E-state index is 0.0858. The Kier molecular flexibility index (Phi) is 3.60. The molecule has 1 N–H and O–H groups in total. The van der Waals surface area contributed by atoms with E-state index in [1.54, 1.807) is 0 Å². The normalized spacial score (nSPS) is 24.8. The lowest BCUT2D eigenvalue weighted by molar-refractivity contribution is -0.127. The fraction of sp³-hybridized carbons (Fsp3) is 0.800. The van der Waals surface area contributed by atoms with Crippen LogP contribution < -0.4 is 0 Å². The van der Waals surface area contributed by atoms with Gasteiger partial charge in [-0.15, -0.1) is 0 Å². The van der Waals surface area contributed by atoms with Crippen LogP contribution in [0.1, 0.15) is 39.0 Å². The molecule has 0 heterocycles. The number of rotatable bonds is 4. The second-order valence-electron chi connectivity index (χ2n) is 3.74. The number of carbonyl (C=O) groups is 2. The molecule has 3 heteroatoms. The zero-order valence-electron chi connectivity index (χ0n) is 7.95. The van der Waals surface area contributed by atoms with Crippen molar-refractivity contribution in [2.45, 2.75) is 45.1 Å². The van der Waals surface area contributed by atoms with Crippen molar-refractivity contribution >= 4 is 11.6 Å². The molecule has 1 fully saturated rings. The van der Waals surface area contributed by atoms with E-state index in [1.807, 2.05) is 0 Å². The van der Waals surface area contributed by atoms with E-state index in [0.29, 0.717) is 25.0 Å². The summed E-state index contributed by atoms with van der Waals surface area (Å²) in [6.45, 7) is 1.47. The Hall–Kier alpha value is -0.700. The molecule has 1 saturated carbocycles. The van der Waals surface area contributed by atoms with Crippen LogP contribution in [0.5, 0.6) is 0 Å². The first-order valence-corrected chi connectivity index (χ1v) is 4.84. The summed E-state index contributed by atoms with van der Waals surface area (Å²) < 4.78 is 0. The molecule has 1 aliphatic rings. The molecule has 0 aromatic heterocycles. The van der Waals surface area contributed by atoms with Gasteiger partial charge in [0.25, 0.3) is 0 Å². The van der Waals surface area contributed by atoms with Gasteiger partial charge in [0.1, 0.15) is 11.9 Å². The van der Waals surface area contributed by atoms with E-state index < -0.39 is 6.10 Å². The Bertz CT molecular complexity index is 208. The van der Waals surface area contributed by atoms with Gasteiger partial charge < -0.3 is 5.11 Å². The maximum absolute atomic E-state index is 11.2. The SMILES string of the molecule is CC(O)C(=O)CCC1CCCC1=O. The summed E-state index contributed by atoms with van der Waals surface area (Å²) >= 11 is 0. The van der Waals surface area contributed by atoms with E-state index in [-0.39, 0.29) is 11.7 Å². The number of aliphatic hydroxyl groups is 1. The van der Waals surface area contributed by atoms with Crippen LogP contribution in [0.15, 0.2) is 0 Å². The van der Waals surface area contributed by atoms with Gasteiger partial charge in [0.15, 0.2) is 5.78 Å². The molecule has 0 saturated heterocycles.